The number of aromatic nitrogens is 1. The number of hydrogen-bond donors (Lipinski definition) is 1. The third-order valence-electron chi connectivity index (χ3n) is 6.99. The van der Waals surface area contributed by atoms with Gasteiger partial charge in [-0.05, 0) is 55.5 Å². The smallest absolute Gasteiger partial charge is 0.336 e. The molecule has 0 saturated heterocycles. The number of nitrogens with zero attached hydrogens (tertiary/aromatic N) is 2. The summed E-state index contributed by atoms with van der Waals surface area (Å²) in [5.74, 6) is -2.20. The van der Waals surface area contributed by atoms with Crippen LogP contribution in [0.3, 0.4) is 0 Å². The molecule has 0 bridgehead atoms. The fourth-order valence-electron chi connectivity index (χ4n) is 4.99. The molecule has 1 aromatic heterocycles. The van der Waals surface area contributed by atoms with Crippen LogP contribution in [0.15, 0.2) is 102 Å². The highest BCUT2D eigenvalue weighted by atomic mass is 16.6. The van der Waals surface area contributed by atoms with Crippen molar-refractivity contribution in [1.82, 2.24) is 10.3 Å². The molecule has 1 N–H and O–H groups in total. The van der Waals surface area contributed by atoms with Gasteiger partial charge in [-0.3, -0.25) is 15.1 Å². The van der Waals surface area contributed by atoms with Crippen LogP contribution in [0.2, 0.25) is 0 Å². The van der Waals surface area contributed by atoms with E-state index in [9.17, 15) is 19.7 Å². The van der Waals surface area contributed by atoms with Crippen LogP contribution < -0.4 is 5.32 Å². The summed E-state index contributed by atoms with van der Waals surface area (Å²) in [6, 6.07) is 18.1. The van der Waals surface area contributed by atoms with Gasteiger partial charge in [0.2, 0.25) is 0 Å². The molecule has 0 spiro atoms. The zero-order valence-electron chi connectivity index (χ0n) is 24.9. The number of non-ortho nitro benzene ring substituents is 1. The molecule has 10 nitrogen and oxygen atoms in total. The molecule has 0 radical (unpaired) electrons. The van der Waals surface area contributed by atoms with Crippen LogP contribution in [0.5, 0.6) is 0 Å². The minimum atomic E-state index is -0.915. The Morgan fingerprint density at radius 3 is 2.34 bits per heavy atom. The number of allylic oxidation sites excluding steroid dienone is 2. The van der Waals surface area contributed by atoms with E-state index in [-0.39, 0.29) is 36.7 Å². The molecule has 0 saturated carbocycles. The minimum Gasteiger partial charge on any atom is -0.463 e. The van der Waals surface area contributed by atoms with E-state index in [4.69, 9.17) is 14.2 Å². The summed E-state index contributed by atoms with van der Waals surface area (Å²) in [6.45, 7) is 5.65. The Balaban J connectivity index is 1.35. The van der Waals surface area contributed by atoms with Gasteiger partial charge in [0.25, 0.3) is 5.69 Å². The zero-order valence-corrected chi connectivity index (χ0v) is 24.9. The number of nitro benzene ring substituents is 1. The van der Waals surface area contributed by atoms with Crippen LogP contribution in [0.1, 0.15) is 48.9 Å². The molecule has 1 atom stereocenters. The van der Waals surface area contributed by atoms with Crippen LogP contribution >= 0.6 is 0 Å². The molecular weight excluding hydrogens is 562 g/mol. The van der Waals surface area contributed by atoms with Crippen molar-refractivity contribution in [1.29, 1.82) is 0 Å². The summed E-state index contributed by atoms with van der Waals surface area (Å²) >= 11 is 0. The number of hydrogen-bond acceptors (Lipinski definition) is 9. The molecule has 2 heterocycles. The highest BCUT2D eigenvalue weighted by Crippen LogP contribution is 2.40. The summed E-state index contributed by atoms with van der Waals surface area (Å²) in [5, 5.41) is 14.5. The van der Waals surface area contributed by atoms with Crippen molar-refractivity contribution in [2.75, 3.05) is 26.4 Å². The summed E-state index contributed by atoms with van der Waals surface area (Å²) < 4.78 is 16.4. The standard InChI is InChI=1S/C34H35N3O7/c1-4-43-33(38)30-23(2)36-24(3)31(32(30)28-10-5-11-29(21-28)37(40)41)34(39)44-19-18-42-17-7-9-25-12-14-26(15-13-25)20-27-8-6-16-35-22-27/h5-16,21-22,32,36H,4,17-20H2,1-3H3/b9-7+. The maximum atomic E-state index is 13.4. The molecule has 0 aliphatic carbocycles. The van der Waals surface area contributed by atoms with E-state index in [1.54, 1.807) is 33.0 Å². The number of carbonyl (C=O) groups is 2. The van der Waals surface area contributed by atoms with Gasteiger partial charge in [0.15, 0.2) is 0 Å². The van der Waals surface area contributed by atoms with Gasteiger partial charge in [-0.25, -0.2) is 9.59 Å². The normalized spacial score (nSPS) is 14.8. The van der Waals surface area contributed by atoms with Gasteiger partial charge < -0.3 is 19.5 Å². The van der Waals surface area contributed by atoms with Crippen molar-refractivity contribution in [2.45, 2.75) is 33.1 Å². The molecule has 0 fully saturated rings. The second-order valence-corrected chi connectivity index (χ2v) is 10.1. The first-order chi connectivity index (χ1) is 21.3. The molecule has 2 aromatic carbocycles. The van der Waals surface area contributed by atoms with Crippen LogP contribution in [0, 0.1) is 10.1 Å². The molecule has 44 heavy (non-hydrogen) atoms. The van der Waals surface area contributed by atoms with Crippen LogP contribution in [-0.4, -0.2) is 48.3 Å². The number of rotatable bonds is 13. The van der Waals surface area contributed by atoms with Crippen molar-refractivity contribution in [3.63, 3.8) is 0 Å². The summed E-state index contributed by atoms with van der Waals surface area (Å²) in [7, 11) is 0. The van der Waals surface area contributed by atoms with Crippen molar-refractivity contribution in [2.24, 2.45) is 0 Å². The lowest BCUT2D eigenvalue weighted by Gasteiger charge is -2.30. The Hall–Kier alpha value is -5.09. The zero-order chi connectivity index (χ0) is 31.5. The molecule has 10 heteroatoms. The van der Waals surface area contributed by atoms with Gasteiger partial charge in [-0.2, -0.15) is 0 Å². The lowest BCUT2D eigenvalue weighted by Crippen LogP contribution is -2.32. The number of pyridine rings is 1. The number of ether oxygens (including phenoxy) is 3. The average molecular weight is 598 g/mol. The lowest BCUT2D eigenvalue weighted by atomic mass is 9.80. The quantitative estimate of drug-likeness (QED) is 0.115. The SMILES string of the molecule is CCOC(=O)C1=C(C)NC(C)=C(C(=O)OCCOC/C=C/c2ccc(Cc3cccnc3)cc2)C1c1cccc([N+](=O)[O-])c1. The van der Waals surface area contributed by atoms with Crippen LogP contribution in [0.25, 0.3) is 6.08 Å². The molecule has 0 amide bonds. The number of esters is 2. The number of nitro groups is 1. The Bertz CT molecular complexity index is 1580. The molecule has 1 unspecified atom stereocenters. The largest absolute Gasteiger partial charge is 0.463 e. The number of nitrogens with one attached hydrogen (secondary N) is 1. The van der Waals surface area contributed by atoms with E-state index in [0.29, 0.717) is 23.6 Å². The number of dihydropyridines is 1. The van der Waals surface area contributed by atoms with Crippen molar-refractivity contribution in [3.8, 4) is 0 Å². The fraction of sp³-hybridized carbons (Fsp3) is 0.265. The second kappa shape index (κ2) is 15.4. The molecule has 1 aliphatic rings. The maximum Gasteiger partial charge on any atom is 0.336 e. The van der Waals surface area contributed by atoms with Crippen LogP contribution in [-0.2, 0) is 30.2 Å². The maximum absolute atomic E-state index is 13.4. The first kappa shape index (κ1) is 31.8. The predicted molar refractivity (Wildman–Crippen MR) is 165 cm³/mol. The Morgan fingerprint density at radius 1 is 0.955 bits per heavy atom. The Morgan fingerprint density at radius 2 is 1.68 bits per heavy atom. The average Bonchev–Trinajstić information content (AvgIpc) is 3.01. The van der Waals surface area contributed by atoms with Gasteiger partial charge in [-0.15, -0.1) is 0 Å². The highest BCUT2D eigenvalue weighted by Gasteiger charge is 2.38. The first-order valence-corrected chi connectivity index (χ1v) is 14.3. The van der Waals surface area contributed by atoms with E-state index >= 15 is 0 Å². The van der Waals surface area contributed by atoms with Crippen molar-refractivity contribution >= 4 is 23.7 Å². The van der Waals surface area contributed by atoms with E-state index in [0.717, 1.165) is 17.5 Å². The first-order valence-electron chi connectivity index (χ1n) is 14.3. The van der Waals surface area contributed by atoms with Gasteiger partial charge >= 0.3 is 11.9 Å². The van der Waals surface area contributed by atoms with E-state index < -0.39 is 22.8 Å². The Kier molecular flexibility index (Phi) is 11.1. The van der Waals surface area contributed by atoms with E-state index in [1.165, 1.54) is 23.8 Å². The highest BCUT2D eigenvalue weighted by molar-refractivity contribution is 6.00. The molecule has 1 aliphatic heterocycles. The second-order valence-electron chi connectivity index (χ2n) is 10.1. The number of carbonyl (C=O) groups excluding carboxylic acids is 2. The molecule has 228 valence electrons. The van der Waals surface area contributed by atoms with Crippen molar-refractivity contribution < 1.29 is 28.7 Å². The van der Waals surface area contributed by atoms with Crippen LogP contribution in [0.4, 0.5) is 5.69 Å². The molecular formula is C34H35N3O7. The Labute approximate surface area is 256 Å². The summed E-state index contributed by atoms with van der Waals surface area (Å²) in [5.41, 5.74) is 4.97. The number of benzene rings is 2. The monoisotopic (exact) mass is 597 g/mol. The molecule has 4 rings (SSSR count). The van der Waals surface area contributed by atoms with Gasteiger partial charge in [-0.1, -0.05) is 54.6 Å². The van der Waals surface area contributed by atoms with Gasteiger partial charge in [0.1, 0.15) is 6.61 Å². The third kappa shape index (κ3) is 8.26. The molecule has 3 aromatic rings. The third-order valence-corrected chi connectivity index (χ3v) is 6.99. The van der Waals surface area contributed by atoms with Gasteiger partial charge in [0.05, 0.1) is 41.8 Å². The van der Waals surface area contributed by atoms with E-state index in [2.05, 4.69) is 22.4 Å². The topological polar surface area (TPSA) is 130 Å². The van der Waals surface area contributed by atoms with Gasteiger partial charge in [0, 0.05) is 35.9 Å². The fourth-order valence-corrected chi connectivity index (χ4v) is 4.99. The summed E-state index contributed by atoms with van der Waals surface area (Å²) in [4.78, 5) is 41.4. The summed E-state index contributed by atoms with van der Waals surface area (Å²) in [6.07, 6.45) is 8.28. The van der Waals surface area contributed by atoms with E-state index in [1.807, 2.05) is 42.6 Å². The predicted octanol–water partition coefficient (Wildman–Crippen LogP) is 5.65. The van der Waals surface area contributed by atoms with Crippen molar-refractivity contribution in [3.05, 3.63) is 134 Å². The lowest BCUT2D eigenvalue weighted by molar-refractivity contribution is -0.384. The minimum absolute atomic E-state index is 0.0222.